The third kappa shape index (κ3) is 4.79. The van der Waals surface area contributed by atoms with Crippen molar-refractivity contribution in [3.8, 4) is 17.2 Å². The van der Waals surface area contributed by atoms with E-state index in [0.29, 0.717) is 35.5 Å². The van der Waals surface area contributed by atoms with Gasteiger partial charge in [0.05, 0.1) is 11.1 Å². The number of amides is 1. The van der Waals surface area contributed by atoms with Crippen molar-refractivity contribution in [1.82, 2.24) is 19.9 Å². The fraction of sp³-hybridized carbons (Fsp3) is 0.333. The average molecular weight is 433 g/mol. The number of hydrogen-bond donors (Lipinski definition) is 3. The molecule has 166 valence electrons. The van der Waals surface area contributed by atoms with E-state index < -0.39 is 11.4 Å². The van der Waals surface area contributed by atoms with Crippen LogP contribution in [-0.4, -0.2) is 37.7 Å². The summed E-state index contributed by atoms with van der Waals surface area (Å²) >= 11 is 0. The van der Waals surface area contributed by atoms with E-state index in [0.717, 1.165) is 16.7 Å². The number of hydrogen-bond acceptors (Lipinski definition) is 6. The van der Waals surface area contributed by atoms with Crippen LogP contribution in [0, 0.1) is 18.3 Å². The van der Waals surface area contributed by atoms with Gasteiger partial charge in [-0.25, -0.2) is 9.97 Å². The van der Waals surface area contributed by atoms with Crippen LogP contribution in [0.2, 0.25) is 0 Å². The Labute approximate surface area is 187 Å². The molecule has 2 aromatic heterocycles. The summed E-state index contributed by atoms with van der Waals surface area (Å²) in [7, 11) is 0. The Morgan fingerprint density at radius 2 is 1.97 bits per heavy atom. The van der Waals surface area contributed by atoms with Crippen LogP contribution in [0.1, 0.15) is 38.4 Å². The van der Waals surface area contributed by atoms with E-state index in [1.165, 1.54) is 6.33 Å². The van der Waals surface area contributed by atoms with E-state index in [1.54, 1.807) is 6.08 Å². The molecule has 0 bridgehead atoms. The molecule has 0 saturated carbocycles. The van der Waals surface area contributed by atoms with Crippen LogP contribution in [0.15, 0.2) is 36.2 Å². The molecule has 3 rings (SSSR count). The lowest BCUT2D eigenvalue weighted by atomic mass is 10.00. The Morgan fingerprint density at radius 3 is 2.56 bits per heavy atom. The summed E-state index contributed by atoms with van der Waals surface area (Å²) in [5.41, 5.74) is 9.64. The number of nitrogens with two attached hydrogens (primary N) is 1. The molecule has 8 heteroatoms. The predicted octanol–water partition coefficient (Wildman–Crippen LogP) is 3.19. The minimum Gasteiger partial charge on any atom is -0.396 e. The van der Waals surface area contributed by atoms with Gasteiger partial charge in [-0.1, -0.05) is 29.8 Å². The monoisotopic (exact) mass is 432 g/mol. The van der Waals surface area contributed by atoms with Crippen molar-refractivity contribution in [2.24, 2.45) is 0 Å². The molecule has 0 aliphatic carbocycles. The zero-order chi connectivity index (χ0) is 23.5. The third-order valence-electron chi connectivity index (χ3n) is 4.92. The van der Waals surface area contributed by atoms with Gasteiger partial charge in [-0.2, -0.15) is 5.26 Å². The highest BCUT2D eigenvalue weighted by Gasteiger charge is 2.23. The van der Waals surface area contributed by atoms with Gasteiger partial charge >= 0.3 is 0 Å². The second-order valence-electron chi connectivity index (χ2n) is 8.69. The number of carbonyl (C=O) groups is 1. The number of aromatic nitrogens is 3. The van der Waals surface area contributed by atoms with Crippen molar-refractivity contribution in [2.75, 3.05) is 12.3 Å². The standard InChI is InChI=1S/C24H28N6O2/c1-15-6-8-16(9-7-15)19-18(12-17(13-25)23(32)29-24(2,3)4)30(10-5-11-31)22-20(19)21(26)27-14-28-22/h6-9,12,14,31H,5,10-11H2,1-4H3,(H,29,32)(H2,26,27,28)/b17-12+. The first kappa shape index (κ1) is 23.0. The van der Waals surface area contributed by atoms with Gasteiger partial charge in [0.2, 0.25) is 0 Å². The Morgan fingerprint density at radius 1 is 1.28 bits per heavy atom. The minimum absolute atomic E-state index is 0.0150. The van der Waals surface area contributed by atoms with E-state index in [2.05, 4.69) is 15.3 Å². The van der Waals surface area contributed by atoms with E-state index in [9.17, 15) is 15.2 Å². The number of aliphatic hydroxyl groups excluding tert-OH is 1. The summed E-state index contributed by atoms with van der Waals surface area (Å²) in [4.78, 5) is 21.4. The SMILES string of the molecule is Cc1ccc(-c2c(/C=C(\C#N)C(=O)NC(C)(C)C)n(CCCO)c3ncnc(N)c23)cc1. The molecule has 0 unspecified atom stereocenters. The Kier molecular flexibility index (Phi) is 6.61. The van der Waals surface area contributed by atoms with Crippen molar-refractivity contribution >= 4 is 28.8 Å². The fourth-order valence-corrected chi connectivity index (χ4v) is 3.52. The highest BCUT2D eigenvalue weighted by Crippen LogP contribution is 2.38. The van der Waals surface area contributed by atoms with Crippen LogP contribution >= 0.6 is 0 Å². The molecule has 0 aliphatic rings. The number of rotatable bonds is 6. The lowest BCUT2D eigenvalue weighted by molar-refractivity contribution is -0.118. The molecule has 1 aromatic carbocycles. The van der Waals surface area contributed by atoms with Crippen molar-refractivity contribution in [3.63, 3.8) is 0 Å². The molecule has 0 radical (unpaired) electrons. The zero-order valence-electron chi connectivity index (χ0n) is 18.8. The highest BCUT2D eigenvalue weighted by molar-refractivity contribution is 6.08. The molecule has 3 aromatic rings. The van der Waals surface area contributed by atoms with E-state index in [4.69, 9.17) is 5.73 Å². The zero-order valence-corrected chi connectivity index (χ0v) is 18.8. The largest absolute Gasteiger partial charge is 0.396 e. The molecule has 0 spiro atoms. The number of carbonyl (C=O) groups excluding carboxylic acids is 1. The normalized spacial score (nSPS) is 12.1. The maximum atomic E-state index is 12.8. The number of nitrogen functional groups attached to an aromatic ring is 1. The summed E-state index contributed by atoms with van der Waals surface area (Å²) in [5, 5.41) is 22.7. The van der Waals surface area contributed by atoms with Gasteiger partial charge in [0.1, 0.15) is 29.4 Å². The number of nitriles is 1. The number of nitrogens with one attached hydrogen (secondary N) is 1. The van der Waals surface area contributed by atoms with Crippen molar-refractivity contribution in [3.05, 3.63) is 47.4 Å². The van der Waals surface area contributed by atoms with Gasteiger partial charge in [0.15, 0.2) is 0 Å². The van der Waals surface area contributed by atoms with Gasteiger partial charge in [0, 0.05) is 24.3 Å². The number of aliphatic hydroxyl groups is 1. The van der Waals surface area contributed by atoms with E-state index >= 15 is 0 Å². The second-order valence-corrected chi connectivity index (χ2v) is 8.69. The number of anilines is 1. The number of fused-ring (bicyclic) bond motifs is 1. The summed E-state index contributed by atoms with van der Waals surface area (Å²) in [6.45, 7) is 7.97. The second kappa shape index (κ2) is 9.20. The quantitative estimate of drug-likeness (QED) is 0.405. The molecule has 32 heavy (non-hydrogen) atoms. The first-order valence-electron chi connectivity index (χ1n) is 10.4. The van der Waals surface area contributed by atoms with Gasteiger partial charge in [-0.15, -0.1) is 0 Å². The van der Waals surface area contributed by atoms with E-state index in [1.807, 2.05) is 62.6 Å². The molecule has 0 atom stereocenters. The summed E-state index contributed by atoms with van der Waals surface area (Å²) in [5.74, 6) is -0.159. The Bertz CT molecular complexity index is 1210. The van der Waals surface area contributed by atoms with Crippen LogP contribution in [0.4, 0.5) is 5.82 Å². The van der Waals surface area contributed by atoms with Crippen LogP contribution < -0.4 is 11.1 Å². The molecule has 8 nitrogen and oxygen atoms in total. The summed E-state index contributed by atoms with van der Waals surface area (Å²) in [6.07, 6.45) is 3.42. The molecule has 0 fully saturated rings. The van der Waals surface area contributed by atoms with Crippen molar-refractivity contribution < 1.29 is 9.90 Å². The third-order valence-corrected chi connectivity index (χ3v) is 4.92. The topological polar surface area (TPSA) is 130 Å². The lowest BCUT2D eigenvalue weighted by Crippen LogP contribution is -2.41. The van der Waals surface area contributed by atoms with Crippen molar-refractivity contribution in [2.45, 2.75) is 46.2 Å². The lowest BCUT2D eigenvalue weighted by Gasteiger charge is -2.20. The van der Waals surface area contributed by atoms with Gasteiger partial charge in [-0.3, -0.25) is 4.79 Å². The number of aryl methyl sites for hydroxylation is 2. The maximum Gasteiger partial charge on any atom is 0.262 e. The number of nitrogens with zero attached hydrogens (tertiary/aromatic N) is 4. The summed E-state index contributed by atoms with van der Waals surface area (Å²) in [6, 6.07) is 9.92. The van der Waals surface area contributed by atoms with Gasteiger partial charge in [0.25, 0.3) is 5.91 Å². The van der Waals surface area contributed by atoms with Crippen LogP contribution in [0.3, 0.4) is 0 Å². The fourth-order valence-electron chi connectivity index (χ4n) is 3.52. The first-order valence-corrected chi connectivity index (χ1v) is 10.4. The Hall–Kier alpha value is -3.70. The van der Waals surface area contributed by atoms with Crippen LogP contribution in [-0.2, 0) is 11.3 Å². The minimum atomic E-state index is -0.494. The number of benzene rings is 1. The van der Waals surface area contributed by atoms with Gasteiger partial charge in [-0.05, 0) is 45.8 Å². The van der Waals surface area contributed by atoms with Crippen LogP contribution in [0.25, 0.3) is 28.2 Å². The first-order chi connectivity index (χ1) is 15.2. The molecule has 4 N–H and O–H groups in total. The molecular weight excluding hydrogens is 404 g/mol. The molecular formula is C24H28N6O2. The van der Waals surface area contributed by atoms with Gasteiger partial charge < -0.3 is 20.7 Å². The maximum absolute atomic E-state index is 12.8. The van der Waals surface area contributed by atoms with Crippen molar-refractivity contribution in [1.29, 1.82) is 5.26 Å². The Balaban J connectivity index is 2.35. The smallest absolute Gasteiger partial charge is 0.262 e. The molecule has 0 saturated heterocycles. The van der Waals surface area contributed by atoms with E-state index in [-0.39, 0.29) is 12.2 Å². The van der Waals surface area contributed by atoms with Crippen LogP contribution in [0.5, 0.6) is 0 Å². The average Bonchev–Trinajstić information content (AvgIpc) is 3.04. The molecule has 1 amide bonds. The molecule has 0 aliphatic heterocycles. The molecule has 2 heterocycles. The highest BCUT2D eigenvalue weighted by atomic mass is 16.3. The predicted molar refractivity (Wildman–Crippen MR) is 125 cm³/mol. The summed E-state index contributed by atoms with van der Waals surface area (Å²) < 4.78 is 1.88.